The summed E-state index contributed by atoms with van der Waals surface area (Å²) in [6.45, 7) is 5.43. The van der Waals surface area contributed by atoms with Crippen molar-refractivity contribution in [2.75, 3.05) is 6.54 Å². The van der Waals surface area contributed by atoms with Crippen LogP contribution < -0.4 is 5.32 Å². The summed E-state index contributed by atoms with van der Waals surface area (Å²) < 4.78 is 7.03. The van der Waals surface area contributed by atoms with Crippen LogP contribution in [0.1, 0.15) is 41.4 Å². The van der Waals surface area contributed by atoms with E-state index in [4.69, 9.17) is 4.42 Å². The second kappa shape index (κ2) is 5.73. The van der Waals surface area contributed by atoms with Gasteiger partial charge in [-0.2, -0.15) is 5.10 Å². The Morgan fingerprint density at radius 1 is 1.52 bits per heavy atom. The van der Waals surface area contributed by atoms with Crippen LogP contribution in [-0.2, 0) is 19.1 Å². The molecule has 0 bridgehead atoms. The standard InChI is InChI=1S/C15H21N3O3/c1-5-12-11(8-18(4)17-12)14(19)16-9-15(3,20)13-7-6-10(2)21-13/h6-8,20H,5,9H2,1-4H3,(H,16,19). The van der Waals surface area contributed by atoms with Crippen molar-refractivity contribution in [2.24, 2.45) is 7.05 Å². The normalized spacial score (nSPS) is 14.0. The van der Waals surface area contributed by atoms with Crippen LogP contribution in [0.15, 0.2) is 22.7 Å². The molecule has 0 radical (unpaired) electrons. The summed E-state index contributed by atoms with van der Waals surface area (Å²) in [4.78, 5) is 12.2. The molecule has 2 rings (SSSR count). The van der Waals surface area contributed by atoms with Crippen molar-refractivity contribution in [1.29, 1.82) is 0 Å². The first-order chi connectivity index (χ1) is 9.83. The lowest BCUT2D eigenvalue weighted by molar-refractivity contribution is 0.0323. The molecule has 6 heteroatoms. The maximum absolute atomic E-state index is 12.2. The zero-order chi connectivity index (χ0) is 15.6. The van der Waals surface area contributed by atoms with Crippen LogP contribution in [0.2, 0.25) is 0 Å². The average Bonchev–Trinajstić information content (AvgIpc) is 3.02. The van der Waals surface area contributed by atoms with Gasteiger partial charge in [0.05, 0.1) is 17.8 Å². The van der Waals surface area contributed by atoms with Gasteiger partial charge in [-0.1, -0.05) is 6.92 Å². The van der Waals surface area contributed by atoms with E-state index in [1.54, 1.807) is 43.9 Å². The number of rotatable bonds is 5. The zero-order valence-corrected chi connectivity index (χ0v) is 12.8. The molecule has 114 valence electrons. The number of aromatic nitrogens is 2. The Kier molecular flexibility index (Phi) is 4.18. The van der Waals surface area contributed by atoms with Gasteiger partial charge in [0, 0.05) is 13.2 Å². The average molecular weight is 291 g/mol. The van der Waals surface area contributed by atoms with Crippen molar-refractivity contribution < 1.29 is 14.3 Å². The molecule has 0 spiro atoms. The SMILES string of the molecule is CCc1nn(C)cc1C(=O)NCC(C)(O)c1ccc(C)o1. The van der Waals surface area contributed by atoms with Crippen LogP contribution in [0, 0.1) is 6.92 Å². The molecule has 0 fully saturated rings. The molecule has 0 aliphatic carbocycles. The topological polar surface area (TPSA) is 80.3 Å². The summed E-state index contributed by atoms with van der Waals surface area (Å²) in [7, 11) is 1.78. The van der Waals surface area contributed by atoms with E-state index in [0.29, 0.717) is 17.7 Å². The van der Waals surface area contributed by atoms with Gasteiger partial charge >= 0.3 is 0 Å². The number of amides is 1. The van der Waals surface area contributed by atoms with Crippen LogP contribution in [0.5, 0.6) is 0 Å². The van der Waals surface area contributed by atoms with Crippen LogP contribution in [0.3, 0.4) is 0 Å². The number of nitrogens with one attached hydrogen (secondary N) is 1. The highest BCUT2D eigenvalue weighted by molar-refractivity contribution is 5.95. The minimum absolute atomic E-state index is 0.0663. The lowest BCUT2D eigenvalue weighted by atomic mass is 10.0. The van der Waals surface area contributed by atoms with Crippen LogP contribution in [0.4, 0.5) is 0 Å². The zero-order valence-electron chi connectivity index (χ0n) is 12.8. The molecule has 21 heavy (non-hydrogen) atoms. The maximum atomic E-state index is 12.2. The Labute approximate surface area is 123 Å². The molecule has 2 N–H and O–H groups in total. The van der Waals surface area contributed by atoms with Gasteiger partial charge in [0.25, 0.3) is 5.91 Å². The molecule has 1 amide bonds. The molecule has 2 heterocycles. The molecule has 2 aromatic rings. The van der Waals surface area contributed by atoms with Crippen LogP contribution in [-0.4, -0.2) is 27.3 Å². The Morgan fingerprint density at radius 2 is 2.24 bits per heavy atom. The van der Waals surface area contributed by atoms with E-state index in [9.17, 15) is 9.90 Å². The van der Waals surface area contributed by atoms with Gasteiger partial charge in [-0.25, -0.2) is 0 Å². The summed E-state index contributed by atoms with van der Waals surface area (Å²) in [5, 5.41) is 17.4. The Balaban J connectivity index is 2.06. The molecule has 0 aliphatic rings. The second-order valence-corrected chi connectivity index (χ2v) is 5.38. The van der Waals surface area contributed by atoms with Crippen molar-refractivity contribution in [3.63, 3.8) is 0 Å². The number of aryl methyl sites for hydroxylation is 3. The van der Waals surface area contributed by atoms with Gasteiger partial charge in [0.15, 0.2) is 0 Å². The van der Waals surface area contributed by atoms with Gasteiger partial charge in [0.1, 0.15) is 17.1 Å². The molecular formula is C15H21N3O3. The Morgan fingerprint density at radius 3 is 2.81 bits per heavy atom. The van der Waals surface area contributed by atoms with Gasteiger partial charge < -0.3 is 14.8 Å². The second-order valence-electron chi connectivity index (χ2n) is 5.38. The number of carbonyl (C=O) groups excluding carboxylic acids is 1. The highest BCUT2D eigenvalue weighted by atomic mass is 16.4. The highest BCUT2D eigenvalue weighted by Gasteiger charge is 2.28. The quantitative estimate of drug-likeness (QED) is 0.875. The first-order valence-corrected chi connectivity index (χ1v) is 6.93. The van der Waals surface area contributed by atoms with Gasteiger partial charge in [-0.15, -0.1) is 0 Å². The van der Waals surface area contributed by atoms with Gasteiger partial charge in [-0.05, 0) is 32.4 Å². The van der Waals surface area contributed by atoms with E-state index >= 15 is 0 Å². The van der Waals surface area contributed by atoms with Crippen molar-refractivity contribution >= 4 is 5.91 Å². The number of aliphatic hydroxyl groups is 1. The van der Waals surface area contributed by atoms with Gasteiger partial charge in [-0.3, -0.25) is 9.48 Å². The van der Waals surface area contributed by atoms with Crippen LogP contribution in [0.25, 0.3) is 0 Å². The molecule has 0 aromatic carbocycles. The third kappa shape index (κ3) is 3.33. The summed E-state index contributed by atoms with van der Waals surface area (Å²) in [5.74, 6) is 0.905. The predicted molar refractivity (Wildman–Crippen MR) is 77.9 cm³/mol. The first kappa shape index (κ1) is 15.3. The van der Waals surface area contributed by atoms with E-state index in [0.717, 1.165) is 11.5 Å². The summed E-state index contributed by atoms with van der Waals surface area (Å²) >= 11 is 0. The third-order valence-electron chi connectivity index (χ3n) is 3.35. The van der Waals surface area contributed by atoms with Crippen molar-refractivity contribution in [3.05, 3.63) is 41.1 Å². The number of hydrogen-bond donors (Lipinski definition) is 2. The Bertz CT molecular complexity index is 640. The maximum Gasteiger partial charge on any atom is 0.254 e. The largest absolute Gasteiger partial charge is 0.463 e. The number of carbonyl (C=O) groups is 1. The molecule has 1 atom stereocenters. The summed E-state index contributed by atoms with van der Waals surface area (Å²) in [5.41, 5.74) is 0.0216. The Hall–Kier alpha value is -2.08. The molecule has 0 saturated heterocycles. The van der Waals surface area contributed by atoms with E-state index in [2.05, 4.69) is 10.4 Å². The lowest BCUT2D eigenvalue weighted by Crippen LogP contribution is -2.38. The fourth-order valence-corrected chi connectivity index (χ4v) is 2.14. The van der Waals surface area contributed by atoms with E-state index < -0.39 is 5.60 Å². The molecule has 2 aromatic heterocycles. The minimum Gasteiger partial charge on any atom is -0.463 e. The smallest absolute Gasteiger partial charge is 0.254 e. The van der Waals surface area contributed by atoms with E-state index in [1.165, 1.54) is 0 Å². The first-order valence-electron chi connectivity index (χ1n) is 6.93. The molecular weight excluding hydrogens is 270 g/mol. The molecule has 6 nitrogen and oxygen atoms in total. The molecule has 0 aliphatic heterocycles. The lowest BCUT2D eigenvalue weighted by Gasteiger charge is -2.21. The van der Waals surface area contributed by atoms with Crippen molar-refractivity contribution in [3.8, 4) is 0 Å². The fraction of sp³-hybridized carbons (Fsp3) is 0.467. The summed E-state index contributed by atoms with van der Waals surface area (Å²) in [6.07, 6.45) is 2.36. The van der Waals surface area contributed by atoms with E-state index in [1.807, 2.05) is 6.92 Å². The predicted octanol–water partition coefficient (Wildman–Crippen LogP) is 1.52. The highest BCUT2D eigenvalue weighted by Crippen LogP contribution is 2.22. The number of furan rings is 1. The van der Waals surface area contributed by atoms with Crippen LogP contribution >= 0.6 is 0 Å². The fourth-order valence-electron chi connectivity index (χ4n) is 2.14. The number of nitrogens with zero attached hydrogens (tertiary/aromatic N) is 2. The molecule has 1 unspecified atom stereocenters. The van der Waals surface area contributed by atoms with Gasteiger partial charge in [0.2, 0.25) is 0 Å². The summed E-state index contributed by atoms with van der Waals surface area (Å²) in [6, 6.07) is 3.49. The molecule has 0 saturated carbocycles. The number of hydrogen-bond acceptors (Lipinski definition) is 4. The van der Waals surface area contributed by atoms with Crippen molar-refractivity contribution in [2.45, 2.75) is 32.8 Å². The minimum atomic E-state index is -1.25. The monoisotopic (exact) mass is 291 g/mol. The van der Waals surface area contributed by atoms with E-state index in [-0.39, 0.29) is 12.5 Å². The van der Waals surface area contributed by atoms with Crippen molar-refractivity contribution in [1.82, 2.24) is 15.1 Å². The third-order valence-corrected chi connectivity index (χ3v) is 3.35.